The third-order valence-electron chi connectivity index (χ3n) is 7.07. The molecule has 3 N–H and O–H groups in total. The lowest BCUT2D eigenvalue weighted by Gasteiger charge is -2.17. The first kappa shape index (κ1) is 31.8. The van der Waals surface area contributed by atoms with Gasteiger partial charge in [0, 0.05) is 30.4 Å². The third kappa shape index (κ3) is 8.75. The lowest BCUT2D eigenvalue weighted by molar-refractivity contribution is -0.115. The number of oxazole rings is 1. The number of hydrogen-bond acceptors (Lipinski definition) is 7. The number of hydrogen-bond donors (Lipinski definition) is 3. The van der Waals surface area contributed by atoms with E-state index >= 15 is 0 Å². The minimum Gasteiger partial charge on any atom is -0.423 e. The van der Waals surface area contributed by atoms with Crippen LogP contribution in [0.1, 0.15) is 5.56 Å². The molecule has 2 heterocycles. The summed E-state index contributed by atoms with van der Waals surface area (Å²) < 4.78 is 6.02. The van der Waals surface area contributed by atoms with Gasteiger partial charge >= 0.3 is 0 Å². The second kappa shape index (κ2) is 16.5. The summed E-state index contributed by atoms with van der Waals surface area (Å²) in [4.78, 5) is 22.4. The highest BCUT2D eigenvalue weighted by Crippen LogP contribution is 2.35. The van der Waals surface area contributed by atoms with Crippen molar-refractivity contribution in [3.63, 3.8) is 0 Å². The number of aliphatic hydroxyl groups is 2. The predicted octanol–water partition coefficient (Wildman–Crippen LogP) is 6.73. The number of benzene rings is 4. The number of aliphatic hydroxyl groups excluding tert-OH is 2. The molecule has 46 heavy (non-hydrogen) atoms. The molecule has 0 unspecified atom stereocenters. The van der Waals surface area contributed by atoms with Gasteiger partial charge in [-0.3, -0.25) is 4.79 Å². The molecule has 8 heteroatoms. The Kier molecular flexibility index (Phi) is 11.4. The molecule has 0 spiro atoms. The molecule has 2 aromatic heterocycles. The molecule has 0 aliphatic heterocycles. The van der Waals surface area contributed by atoms with Gasteiger partial charge in [0.2, 0.25) is 5.91 Å². The fraction of sp³-hybridized carbons (Fsp3) is 0.132. The van der Waals surface area contributed by atoms with Crippen molar-refractivity contribution in [2.45, 2.75) is 6.42 Å². The first-order valence-electron chi connectivity index (χ1n) is 15.1. The number of nitrogens with zero attached hydrogens (tertiary/aromatic N) is 3. The summed E-state index contributed by atoms with van der Waals surface area (Å²) in [6.07, 6.45) is 2.00. The van der Waals surface area contributed by atoms with Gasteiger partial charge in [-0.2, -0.15) is 4.98 Å². The summed E-state index contributed by atoms with van der Waals surface area (Å²) in [5.74, 6) is 1.19. The summed E-state index contributed by atoms with van der Waals surface area (Å²) in [6.45, 7) is 0.626. The Morgan fingerprint density at radius 2 is 1.20 bits per heavy atom. The maximum absolute atomic E-state index is 12.0. The number of rotatable bonds is 11. The molecule has 0 atom stereocenters. The molecule has 0 saturated carbocycles. The van der Waals surface area contributed by atoms with Crippen LogP contribution in [0.2, 0.25) is 0 Å². The van der Waals surface area contributed by atoms with Gasteiger partial charge in [0.1, 0.15) is 11.5 Å². The second-order valence-electron chi connectivity index (χ2n) is 10.3. The van der Waals surface area contributed by atoms with E-state index in [4.69, 9.17) is 4.42 Å². The van der Waals surface area contributed by atoms with E-state index in [1.54, 1.807) is 17.2 Å². The highest BCUT2D eigenvalue weighted by molar-refractivity contribution is 5.91. The second-order valence-corrected chi connectivity index (χ2v) is 10.3. The van der Waals surface area contributed by atoms with Crippen molar-refractivity contribution >= 4 is 17.7 Å². The van der Waals surface area contributed by atoms with Crippen molar-refractivity contribution in [3.8, 4) is 33.7 Å². The minimum absolute atomic E-state index is 0.0380. The highest BCUT2D eigenvalue weighted by atomic mass is 16.4. The van der Waals surface area contributed by atoms with Crippen LogP contribution in [0.25, 0.3) is 33.7 Å². The molecular formula is C38H36N4O4. The van der Waals surface area contributed by atoms with Crippen molar-refractivity contribution in [1.82, 2.24) is 9.97 Å². The standard InChI is InChI=1S/C19H20N2O3.C19H16N2O/c22-13-11-21(12-14-23)19-20-17(15-7-3-1-4-8-15)18(24-19)16-9-5-2-6-10-16;22-19(21-18-8-4-5-13-20-18)14-15-9-11-17(12-10-15)16-6-2-1-3-7-16/h1-10,22-23H,11-14H2;1-13H,14H2,(H,20,21,22). The Hall–Kier alpha value is -5.57. The Bertz CT molecular complexity index is 1700. The normalized spacial score (nSPS) is 10.5. The zero-order valence-electron chi connectivity index (χ0n) is 25.4. The van der Waals surface area contributed by atoms with Gasteiger partial charge in [0.25, 0.3) is 6.01 Å². The van der Waals surface area contributed by atoms with Crippen LogP contribution in [-0.2, 0) is 11.2 Å². The molecule has 0 aliphatic rings. The molecule has 0 bridgehead atoms. The van der Waals surface area contributed by atoms with Crippen molar-refractivity contribution in [2.75, 3.05) is 36.5 Å². The average Bonchev–Trinajstić information content (AvgIpc) is 3.56. The Labute approximate surface area is 268 Å². The fourth-order valence-electron chi connectivity index (χ4n) is 4.82. The molecule has 0 radical (unpaired) electrons. The van der Waals surface area contributed by atoms with Crippen molar-refractivity contribution in [1.29, 1.82) is 0 Å². The van der Waals surface area contributed by atoms with Crippen LogP contribution < -0.4 is 10.2 Å². The van der Waals surface area contributed by atoms with Crippen LogP contribution in [-0.4, -0.2) is 52.4 Å². The summed E-state index contributed by atoms with van der Waals surface area (Å²) >= 11 is 0. The van der Waals surface area contributed by atoms with E-state index in [1.165, 1.54) is 5.56 Å². The monoisotopic (exact) mass is 612 g/mol. The number of carbonyl (C=O) groups is 1. The number of amides is 1. The van der Waals surface area contributed by atoms with Crippen LogP contribution >= 0.6 is 0 Å². The van der Waals surface area contributed by atoms with Crippen molar-refractivity contribution in [2.24, 2.45) is 0 Å². The minimum atomic E-state index is -0.0637. The van der Waals surface area contributed by atoms with E-state index in [0.29, 0.717) is 37.1 Å². The summed E-state index contributed by atoms with van der Waals surface area (Å²) in [5.41, 5.74) is 5.94. The van der Waals surface area contributed by atoms with Crippen LogP contribution in [0, 0.1) is 0 Å². The molecule has 8 nitrogen and oxygen atoms in total. The summed E-state index contributed by atoms with van der Waals surface area (Å²) in [7, 11) is 0. The third-order valence-corrected chi connectivity index (χ3v) is 7.07. The molecule has 4 aromatic carbocycles. The molecule has 0 aliphatic carbocycles. The van der Waals surface area contributed by atoms with Gasteiger partial charge in [-0.05, 0) is 28.8 Å². The van der Waals surface area contributed by atoms with Gasteiger partial charge in [-0.1, -0.05) is 121 Å². The van der Waals surface area contributed by atoms with Gasteiger partial charge < -0.3 is 24.8 Å². The molecule has 0 fully saturated rings. The van der Waals surface area contributed by atoms with E-state index in [2.05, 4.69) is 27.4 Å². The molecule has 1 amide bonds. The first-order chi connectivity index (χ1) is 22.6. The zero-order chi connectivity index (χ0) is 32.0. The van der Waals surface area contributed by atoms with Gasteiger partial charge in [-0.25, -0.2) is 4.98 Å². The van der Waals surface area contributed by atoms with Crippen LogP contribution in [0.15, 0.2) is 144 Å². The fourth-order valence-corrected chi connectivity index (χ4v) is 4.82. The topological polar surface area (TPSA) is 112 Å². The smallest absolute Gasteiger partial charge is 0.298 e. The predicted molar refractivity (Wildman–Crippen MR) is 182 cm³/mol. The van der Waals surface area contributed by atoms with E-state index in [1.807, 2.05) is 115 Å². The Morgan fingerprint density at radius 3 is 1.76 bits per heavy atom. The summed E-state index contributed by atoms with van der Waals surface area (Å²) in [6, 6.07) is 43.7. The van der Waals surface area contributed by atoms with Gasteiger partial charge in [-0.15, -0.1) is 0 Å². The van der Waals surface area contributed by atoms with E-state index < -0.39 is 0 Å². The molecular weight excluding hydrogens is 576 g/mol. The molecule has 6 rings (SSSR count). The lowest BCUT2D eigenvalue weighted by atomic mass is 10.0. The first-order valence-corrected chi connectivity index (χ1v) is 15.1. The van der Waals surface area contributed by atoms with Crippen LogP contribution in [0.4, 0.5) is 11.8 Å². The van der Waals surface area contributed by atoms with E-state index in [9.17, 15) is 15.0 Å². The van der Waals surface area contributed by atoms with E-state index in [-0.39, 0.29) is 19.1 Å². The molecule has 6 aromatic rings. The SMILES string of the molecule is O=C(Cc1ccc(-c2ccccc2)cc1)Nc1ccccn1.OCCN(CCO)c1nc(-c2ccccc2)c(-c2ccccc2)o1. The zero-order valence-corrected chi connectivity index (χ0v) is 25.4. The maximum Gasteiger partial charge on any atom is 0.298 e. The largest absolute Gasteiger partial charge is 0.423 e. The van der Waals surface area contributed by atoms with Gasteiger partial charge in [0.05, 0.1) is 19.6 Å². The quantitative estimate of drug-likeness (QED) is 0.149. The Morgan fingerprint density at radius 1 is 0.652 bits per heavy atom. The number of carbonyl (C=O) groups excluding carboxylic acids is 1. The molecule has 0 saturated heterocycles. The number of anilines is 2. The van der Waals surface area contributed by atoms with Crippen LogP contribution in [0.5, 0.6) is 0 Å². The van der Waals surface area contributed by atoms with Crippen molar-refractivity contribution in [3.05, 3.63) is 145 Å². The van der Waals surface area contributed by atoms with Crippen LogP contribution in [0.3, 0.4) is 0 Å². The number of aromatic nitrogens is 2. The number of pyridine rings is 1. The summed E-state index contributed by atoms with van der Waals surface area (Å²) in [5, 5.41) is 21.3. The number of nitrogens with one attached hydrogen (secondary N) is 1. The van der Waals surface area contributed by atoms with E-state index in [0.717, 1.165) is 27.9 Å². The average molecular weight is 613 g/mol. The maximum atomic E-state index is 12.0. The van der Waals surface area contributed by atoms with Gasteiger partial charge in [0.15, 0.2) is 5.76 Å². The highest BCUT2D eigenvalue weighted by Gasteiger charge is 2.20. The van der Waals surface area contributed by atoms with Crippen molar-refractivity contribution < 1.29 is 19.4 Å². The lowest BCUT2D eigenvalue weighted by Crippen LogP contribution is -2.29. The Balaban J connectivity index is 0.000000182. The molecule has 232 valence electrons.